The lowest BCUT2D eigenvalue weighted by Gasteiger charge is -2.23. The summed E-state index contributed by atoms with van der Waals surface area (Å²) in [6.45, 7) is 10.7. The Balaban J connectivity index is 3.05. The molecule has 0 saturated heterocycles. The highest BCUT2D eigenvalue weighted by Gasteiger charge is 2.26. The second-order valence-electron chi connectivity index (χ2n) is 4.33. The van der Waals surface area contributed by atoms with E-state index in [0.717, 1.165) is 11.5 Å². The van der Waals surface area contributed by atoms with Crippen LogP contribution in [0.5, 0.6) is 0 Å². The zero-order valence-electron chi connectivity index (χ0n) is 9.27. The largest absolute Gasteiger partial charge is 0.361 e. The van der Waals surface area contributed by atoms with Crippen LogP contribution in [-0.4, -0.2) is 5.16 Å². The first-order chi connectivity index (χ1) is 5.99. The first-order valence-corrected chi connectivity index (χ1v) is 4.92. The Bertz CT molecular complexity index is 267. The molecular formula is C11H19NO. The molecule has 0 aliphatic rings. The molecule has 2 nitrogen and oxygen atoms in total. The van der Waals surface area contributed by atoms with Crippen molar-refractivity contribution in [1.29, 1.82) is 0 Å². The predicted molar refractivity (Wildman–Crippen MR) is 53.9 cm³/mol. The molecule has 0 spiro atoms. The third-order valence-corrected chi connectivity index (χ3v) is 2.59. The maximum atomic E-state index is 5.18. The standard InChI is InChI=1S/C11H19NO/c1-6-7-11(4,5)10-8(2)12-13-9(10)3/h6-7H2,1-5H3. The van der Waals surface area contributed by atoms with Gasteiger partial charge in [-0.3, -0.25) is 0 Å². The van der Waals surface area contributed by atoms with E-state index in [2.05, 4.69) is 25.9 Å². The van der Waals surface area contributed by atoms with Gasteiger partial charge in [-0.2, -0.15) is 0 Å². The summed E-state index contributed by atoms with van der Waals surface area (Å²) in [5.41, 5.74) is 2.52. The van der Waals surface area contributed by atoms with Gasteiger partial charge >= 0.3 is 0 Å². The number of aryl methyl sites for hydroxylation is 2. The fourth-order valence-electron chi connectivity index (χ4n) is 2.20. The van der Waals surface area contributed by atoms with Crippen LogP contribution in [0.25, 0.3) is 0 Å². The molecule has 1 aromatic rings. The smallest absolute Gasteiger partial charge is 0.137 e. The molecule has 1 heterocycles. The van der Waals surface area contributed by atoms with Crippen molar-refractivity contribution < 1.29 is 4.52 Å². The summed E-state index contributed by atoms with van der Waals surface area (Å²) >= 11 is 0. The number of rotatable bonds is 3. The predicted octanol–water partition coefficient (Wildman–Crippen LogP) is 3.37. The summed E-state index contributed by atoms with van der Waals surface area (Å²) in [6, 6.07) is 0. The van der Waals surface area contributed by atoms with Gasteiger partial charge in [0.2, 0.25) is 0 Å². The van der Waals surface area contributed by atoms with E-state index in [9.17, 15) is 0 Å². The van der Waals surface area contributed by atoms with Gasteiger partial charge in [0.15, 0.2) is 0 Å². The van der Waals surface area contributed by atoms with Crippen LogP contribution in [0.3, 0.4) is 0 Å². The molecule has 2 heteroatoms. The van der Waals surface area contributed by atoms with Crippen molar-refractivity contribution in [2.75, 3.05) is 0 Å². The minimum absolute atomic E-state index is 0.197. The Labute approximate surface area is 80.3 Å². The molecule has 0 bridgehead atoms. The summed E-state index contributed by atoms with van der Waals surface area (Å²) in [4.78, 5) is 0. The SMILES string of the molecule is CCCC(C)(C)c1c(C)noc1C. The lowest BCUT2D eigenvalue weighted by atomic mass is 9.80. The zero-order valence-corrected chi connectivity index (χ0v) is 9.27. The van der Waals surface area contributed by atoms with Crippen LogP contribution < -0.4 is 0 Å². The van der Waals surface area contributed by atoms with Gasteiger partial charge in [0.1, 0.15) is 5.76 Å². The Kier molecular flexibility index (Phi) is 2.79. The monoisotopic (exact) mass is 181 g/mol. The Morgan fingerprint density at radius 2 is 1.92 bits per heavy atom. The van der Waals surface area contributed by atoms with Crippen molar-refractivity contribution in [2.24, 2.45) is 0 Å². The minimum atomic E-state index is 0.197. The average Bonchev–Trinajstić information content (AvgIpc) is 2.31. The first-order valence-electron chi connectivity index (χ1n) is 4.92. The van der Waals surface area contributed by atoms with Gasteiger partial charge in [-0.05, 0) is 25.7 Å². The summed E-state index contributed by atoms with van der Waals surface area (Å²) in [6.07, 6.45) is 2.37. The molecule has 74 valence electrons. The average molecular weight is 181 g/mol. The fraction of sp³-hybridized carbons (Fsp3) is 0.727. The Morgan fingerprint density at radius 3 is 2.31 bits per heavy atom. The van der Waals surface area contributed by atoms with Crippen molar-refractivity contribution in [3.8, 4) is 0 Å². The number of aromatic nitrogens is 1. The molecule has 13 heavy (non-hydrogen) atoms. The maximum absolute atomic E-state index is 5.18. The maximum Gasteiger partial charge on any atom is 0.137 e. The van der Waals surface area contributed by atoms with Crippen molar-refractivity contribution >= 4 is 0 Å². The molecule has 0 saturated carbocycles. The quantitative estimate of drug-likeness (QED) is 0.714. The van der Waals surface area contributed by atoms with Gasteiger partial charge in [-0.1, -0.05) is 32.3 Å². The van der Waals surface area contributed by atoms with Crippen LogP contribution in [0.2, 0.25) is 0 Å². The highest BCUT2D eigenvalue weighted by Crippen LogP contribution is 2.32. The molecule has 0 radical (unpaired) electrons. The van der Waals surface area contributed by atoms with E-state index in [-0.39, 0.29) is 5.41 Å². The van der Waals surface area contributed by atoms with Crippen LogP contribution in [0.15, 0.2) is 4.52 Å². The van der Waals surface area contributed by atoms with E-state index in [4.69, 9.17) is 4.52 Å². The molecule has 0 unspecified atom stereocenters. The van der Waals surface area contributed by atoms with Gasteiger partial charge in [0.25, 0.3) is 0 Å². The molecule has 0 aliphatic carbocycles. The van der Waals surface area contributed by atoms with Crippen molar-refractivity contribution in [2.45, 2.75) is 52.9 Å². The topological polar surface area (TPSA) is 26.0 Å². The van der Waals surface area contributed by atoms with Crippen LogP contribution in [0.4, 0.5) is 0 Å². The lowest BCUT2D eigenvalue weighted by molar-refractivity contribution is 0.386. The summed E-state index contributed by atoms with van der Waals surface area (Å²) < 4.78 is 5.18. The third kappa shape index (κ3) is 1.93. The van der Waals surface area contributed by atoms with Crippen molar-refractivity contribution in [1.82, 2.24) is 5.16 Å². The van der Waals surface area contributed by atoms with E-state index in [1.54, 1.807) is 0 Å². The molecule has 0 aromatic carbocycles. The van der Waals surface area contributed by atoms with E-state index < -0.39 is 0 Å². The highest BCUT2D eigenvalue weighted by molar-refractivity contribution is 5.29. The lowest BCUT2D eigenvalue weighted by Crippen LogP contribution is -2.18. The molecule has 0 amide bonds. The normalized spacial score (nSPS) is 12.1. The summed E-state index contributed by atoms with van der Waals surface area (Å²) in [5, 5.41) is 3.99. The highest BCUT2D eigenvalue weighted by atomic mass is 16.5. The van der Waals surface area contributed by atoms with E-state index in [0.29, 0.717) is 0 Å². The molecule has 0 aliphatic heterocycles. The summed E-state index contributed by atoms with van der Waals surface area (Å²) in [7, 11) is 0. The molecular weight excluding hydrogens is 162 g/mol. The van der Waals surface area contributed by atoms with Crippen molar-refractivity contribution in [3.63, 3.8) is 0 Å². The molecule has 0 fully saturated rings. The van der Waals surface area contributed by atoms with Crippen molar-refractivity contribution in [3.05, 3.63) is 17.0 Å². The second-order valence-corrected chi connectivity index (χ2v) is 4.33. The zero-order chi connectivity index (χ0) is 10.1. The minimum Gasteiger partial charge on any atom is -0.361 e. The molecule has 1 aromatic heterocycles. The van der Waals surface area contributed by atoms with Crippen LogP contribution in [-0.2, 0) is 5.41 Å². The second kappa shape index (κ2) is 3.52. The van der Waals surface area contributed by atoms with E-state index in [1.807, 2.05) is 13.8 Å². The van der Waals surface area contributed by atoms with Gasteiger partial charge in [-0.25, -0.2) is 0 Å². The van der Waals surface area contributed by atoms with Crippen LogP contribution >= 0.6 is 0 Å². The van der Waals surface area contributed by atoms with E-state index >= 15 is 0 Å². The van der Waals surface area contributed by atoms with Crippen LogP contribution in [0, 0.1) is 13.8 Å². The number of hydrogen-bond donors (Lipinski definition) is 0. The first kappa shape index (κ1) is 10.3. The van der Waals surface area contributed by atoms with E-state index in [1.165, 1.54) is 18.4 Å². The Hall–Kier alpha value is -0.790. The van der Waals surface area contributed by atoms with Gasteiger partial charge in [0, 0.05) is 5.56 Å². The summed E-state index contributed by atoms with van der Waals surface area (Å²) in [5.74, 6) is 0.968. The van der Waals surface area contributed by atoms with Gasteiger partial charge in [0.05, 0.1) is 5.69 Å². The van der Waals surface area contributed by atoms with Gasteiger partial charge in [-0.15, -0.1) is 0 Å². The number of nitrogens with zero attached hydrogens (tertiary/aromatic N) is 1. The van der Waals surface area contributed by atoms with Gasteiger partial charge < -0.3 is 4.52 Å². The third-order valence-electron chi connectivity index (χ3n) is 2.59. The number of hydrogen-bond acceptors (Lipinski definition) is 2. The Morgan fingerprint density at radius 1 is 1.31 bits per heavy atom. The molecule has 0 atom stereocenters. The van der Waals surface area contributed by atoms with Crippen LogP contribution in [0.1, 0.15) is 50.6 Å². The molecule has 0 N–H and O–H groups in total. The fourth-order valence-corrected chi connectivity index (χ4v) is 2.20. The molecule has 1 rings (SSSR count).